The second-order valence-corrected chi connectivity index (χ2v) is 7.87. The van der Waals surface area contributed by atoms with Crippen LogP contribution in [-0.4, -0.2) is 37.9 Å². The number of carbonyl (C=O) groups excluding carboxylic acids is 1. The lowest BCUT2D eigenvalue weighted by molar-refractivity contribution is -0.137. The summed E-state index contributed by atoms with van der Waals surface area (Å²) in [5, 5.41) is 11.9. The zero-order valence-corrected chi connectivity index (χ0v) is 17.4. The highest BCUT2D eigenvalue weighted by Gasteiger charge is 2.33. The number of rotatable bonds is 6. The second kappa shape index (κ2) is 9.07. The van der Waals surface area contributed by atoms with Crippen molar-refractivity contribution in [3.8, 4) is 0 Å². The number of hydrogen-bond donors (Lipinski definition) is 3. The maximum absolute atomic E-state index is 13.0. The van der Waals surface area contributed by atoms with Crippen molar-refractivity contribution >= 4 is 11.9 Å². The summed E-state index contributed by atoms with van der Waals surface area (Å²) >= 11 is 0. The van der Waals surface area contributed by atoms with E-state index in [0.717, 1.165) is 29.1 Å². The monoisotopic (exact) mass is 458 g/mol. The van der Waals surface area contributed by atoms with Gasteiger partial charge in [-0.1, -0.05) is 24.3 Å². The zero-order valence-electron chi connectivity index (χ0n) is 17.4. The minimum absolute atomic E-state index is 0.0992. The summed E-state index contributed by atoms with van der Waals surface area (Å²) in [6.45, 7) is 0.965. The number of amides is 1. The van der Waals surface area contributed by atoms with E-state index in [0.29, 0.717) is 25.1 Å². The van der Waals surface area contributed by atoms with Crippen LogP contribution in [-0.2, 0) is 37.0 Å². The normalized spacial score (nSPS) is 16.3. The molecule has 2 heterocycles. The zero-order chi connectivity index (χ0) is 23.6. The predicted molar refractivity (Wildman–Crippen MR) is 112 cm³/mol. The van der Waals surface area contributed by atoms with Gasteiger partial charge in [0, 0.05) is 26.1 Å². The molecule has 10 heteroatoms. The molecule has 0 spiro atoms. The van der Waals surface area contributed by atoms with E-state index in [-0.39, 0.29) is 18.0 Å². The van der Waals surface area contributed by atoms with E-state index in [2.05, 4.69) is 15.3 Å². The minimum Gasteiger partial charge on any atom is -0.478 e. The minimum atomic E-state index is -4.41. The molecule has 0 unspecified atom stereocenters. The number of aromatic amines is 1. The number of nitrogens with one attached hydrogen (secondary N) is 2. The number of carbonyl (C=O) groups is 2. The van der Waals surface area contributed by atoms with Crippen molar-refractivity contribution in [1.29, 1.82) is 0 Å². The van der Waals surface area contributed by atoms with Crippen molar-refractivity contribution in [3.05, 3.63) is 88.5 Å². The fourth-order valence-corrected chi connectivity index (χ4v) is 3.82. The van der Waals surface area contributed by atoms with Crippen LogP contribution in [0, 0.1) is 0 Å². The molecule has 33 heavy (non-hydrogen) atoms. The highest BCUT2D eigenvalue weighted by atomic mass is 19.4. The maximum atomic E-state index is 13.0. The van der Waals surface area contributed by atoms with E-state index in [4.69, 9.17) is 5.11 Å². The predicted octanol–water partition coefficient (Wildman–Crippen LogP) is 3.37. The fourth-order valence-electron chi connectivity index (χ4n) is 3.82. The average molecular weight is 458 g/mol. The van der Waals surface area contributed by atoms with Gasteiger partial charge in [-0.3, -0.25) is 9.69 Å². The van der Waals surface area contributed by atoms with Crippen molar-refractivity contribution in [1.82, 2.24) is 20.2 Å². The molecular formula is C23H21F3N4O3. The van der Waals surface area contributed by atoms with Crippen LogP contribution in [0.15, 0.2) is 54.9 Å². The molecule has 0 saturated carbocycles. The van der Waals surface area contributed by atoms with Crippen LogP contribution < -0.4 is 5.32 Å². The Balaban J connectivity index is 1.46. The number of benzene rings is 2. The number of carboxylic acids is 1. The Morgan fingerprint density at radius 3 is 2.39 bits per heavy atom. The van der Waals surface area contributed by atoms with Gasteiger partial charge in [-0.25, -0.2) is 9.78 Å². The number of alkyl halides is 3. The third-order valence-corrected chi connectivity index (χ3v) is 5.63. The molecule has 0 saturated heterocycles. The molecule has 1 atom stereocenters. The molecular weight excluding hydrogens is 437 g/mol. The molecule has 0 bridgehead atoms. The van der Waals surface area contributed by atoms with Crippen molar-refractivity contribution in [2.24, 2.45) is 0 Å². The smallest absolute Gasteiger partial charge is 0.416 e. The number of H-pyrrole nitrogens is 1. The van der Waals surface area contributed by atoms with E-state index in [1.165, 1.54) is 24.3 Å². The first-order valence-corrected chi connectivity index (χ1v) is 10.2. The van der Waals surface area contributed by atoms with Crippen LogP contribution in [0.1, 0.15) is 38.4 Å². The first kappa shape index (κ1) is 22.5. The van der Waals surface area contributed by atoms with Gasteiger partial charge in [0.05, 0.1) is 34.9 Å². The highest BCUT2D eigenvalue weighted by Crippen LogP contribution is 2.29. The summed E-state index contributed by atoms with van der Waals surface area (Å²) in [6, 6.07) is 10.6. The fraction of sp³-hybridized carbons (Fsp3) is 0.261. The van der Waals surface area contributed by atoms with E-state index in [9.17, 15) is 22.8 Å². The molecule has 4 rings (SSSR count). The standard InChI is InChI=1S/C23H21F3N4O3/c24-23(25,26)17-7-3-14(4-8-17)10-27-21(31)20-9-18-19(29-13-28-18)12-30(20)11-15-1-5-16(6-2-15)22(32)33/h1-8,13,20H,9-12H2,(H,27,31)(H,28,29)(H,32,33)/t20-/m0/s1. The Bertz CT molecular complexity index is 1140. The molecule has 0 fully saturated rings. The van der Waals surface area contributed by atoms with E-state index in [1.54, 1.807) is 18.5 Å². The largest absolute Gasteiger partial charge is 0.478 e. The number of carboxylic acid groups (broad SMARTS) is 1. The third kappa shape index (κ3) is 5.23. The van der Waals surface area contributed by atoms with Crippen LogP contribution in [0.5, 0.6) is 0 Å². The number of aromatic carboxylic acids is 1. The molecule has 3 aromatic rings. The summed E-state index contributed by atoms with van der Waals surface area (Å²) in [6.07, 6.45) is -2.45. The molecule has 2 aromatic carbocycles. The van der Waals surface area contributed by atoms with E-state index in [1.807, 2.05) is 4.90 Å². The van der Waals surface area contributed by atoms with Gasteiger partial charge in [0.15, 0.2) is 0 Å². The lowest BCUT2D eigenvalue weighted by atomic mass is 10.00. The number of aromatic nitrogens is 2. The molecule has 1 aliphatic heterocycles. The van der Waals surface area contributed by atoms with Crippen LogP contribution >= 0.6 is 0 Å². The number of halogens is 3. The molecule has 3 N–H and O–H groups in total. The van der Waals surface area contributed by atoms with Crippen LogP contribution in [0.25, 0.3) is 0 Å². The highest BCUT2D eigenvalue weighted by molar-refractivity contribution is 5.87. The van der Waals surface area contributed by atoms with E-state index < -0.39 is 23.8 Å². The SMILES string of the molecule is O=C(O)c1ccc(CN2Cc3[nH]cnc3C[C@H]2C(=O)NCc2ccc(C(F)(F)F)cc2)cc1. The van der Waals surface area contributed by atoms with Crippen molar-refractivity contribution in [3.63, 3.8) is 0 Å². The molecule has 7 nitrogen and oxygen atoms in total. The van der Waals surface area contributed by atoms with Crippen molar-refractivity contribution in [2.45, 2.75) is 38.3 Å². The Hall–Kier alpha value is -3.66. The van der Waals surface area contributed by atoms with E-state index >= 15 is 0 Å². The molecule has 0 radical (unpaired) electrons. The van der Waals surface area contributed by atoms with Gasteiger partial charge < -0.3 is 15.4 Å². The Morgan fingerprint density at radius 2 is 1.76 bits per heavy atom. The number of nitrogens with zero attached hydrogens (tertiary/aromatic N) is 2. The van der Waals surface area contributed by atoms with Gasteiger partial charge in [-0.15, -0.1) is 0 Å². The Morgan fingerprint density at radius 1 is 1.09 bits per heavy atom. The summed E-state index contributed by atoms with van der Waals surface area (Å²) in [4.78, 5) is 33.4. The third-order valence-electron chi connectivity index (χ3n) is 5.63. The van der Waals surface area contributed by atoms with Gasteiger partial charge in [0.2, 0.25) is 5.91 Å². The second-order valence-electron chi connectivity index (χ2n) is 7.87. The summed E-state index contributed by atoms with van der Waals surface area (Å²) in [7, 11) is 0. The number of hydrogen-bond acceptors (Lipinski definition) is 4. The molecule has 1 amide bonds. The quantitative estimate of drug-likeness (QED) is 0.526. The first-order chi connectivity index (χ1) is 15.7. The molecule has 172 valence electrons. The van der Waals surface area contributed by atoms with Gasteiger partial charge in [-0.2, -0.15) is 13.2 Å². The lowest BCUT2D eigenvalue weighted by Gasteiger charge is -2.34. The van der Waals surface area contributed by atoms with Crippen molar-refractivity contribution < 1.29 is 27.9 Å². The van der Waals surface area contributed by atoms with Crippen LogP contribution in [0.2, 0.25) is 0 Å². The molecule has 0 aliphatic carbocycles. The molecule has 1 aromatic heterocycles. The topological polar surface area (TPSA) is 98.3 Å². The van der Waals surface area contributed by atoms with Crippen molar-refractivity contribution in [2.75, 3.05) is 0 Å². The average Bonchev–Trinajstić information content (AvgIpc) is 3.24. The summed E-state index contributed by atoms with van der Waals surface area (Å²) in [5.41, 5.74) is 2.55. The van der Waals surface area contributed by atoms with Crippen LogP contribution in [0.4, 0.5) is 13.2 Å². The Labute approximate surface area is 187 Å². The first-order valence-electron chi connectivity index (χ1n) is 10.2. The van der Waals surface area contributed by atoms with Gasteiger partial charge in [-0.05, 0) is 35.4 Å². The summed E-state index contributed by atoms with van der Waals surface area (Å²) in [5.74, 6) is -1.27. The maximum Gasteiger partial charge on any atom is 0.416 e. The van der Waals surface area contributed by atoms with Gasteiger partial charge in [0.25, 0.3) is 0 Å². The summed E-state index contributed by atoms with van der Waals surface area (Å²) < 4.78 is 38.2. The number of fused-ring (bicyclic) bond motifs is 1. The lowest BCUT2D eigenvalue weighted by Crippen LogP contribution is -2.49. The van der Waals surface area contributed by atoms with Crippen LogP contribution in [0.3, 0.4) is 0 Å². The van der Waals surface area contributed by atoms with Gasteiger partial charge >= 0.3 is 12.1 Å². The molecule has 1 aliphatic rings. The van der Waals surface area contributed by atoms with Gasteiger partial charge in [0.1, 0.15) is 0 Å². The Kier molecular flexibility index (Phi) is 6.19. The number of imidazole rings is 1.